The van der Waals surface area contributed by atoms with Crippen LogP contribution in [0.2, 0.25) is 0 Å². The van der Waals surface area contributed by atoms with Crippen molar-refractivity contribution >= 4 is 51.1 Å². The fraction of sp³-hybridized carbons (Fsp3) is 0.754. The lowest BCUT2D eigenvalue weighted by atomic mass is 9.78. The number of cyclic esters (lactones) is 1. The Morgan fingerprint density at radius 3 is 2.31 bits per heavy atom. The first kappa shape index (κ1) is 61.2. The molecule has 1 amide bonds. The van der Waals surface area contributed by atoms with Gasteiger partial charge in [-0.05, 0) is 120 Å². The molecule has 4 rings (SSSR count). The van der Waals surface area contributed by atoms with Crippen molar-refractivity contribution in [1.82, 2.24) is 4.90 Å². The number of alkyl halides is 1. The molecule has 0 unspecified atom stereocenters. The molecule has 2 saturated heterocycles. The Bertz CT molecular complexity index is 1950. The van der Waals surface area contributed by atoms with E-state index in [2.05, 4.69) is 15.9 Å². The summed E-state index contributed by atoms with van der Waals surface area (Å²) in [5.41, 5.74) is 1.37. The number of nitrogens with zero attached hydrogens (tertiary/aromatic N) is 1. The molecule has 1 saturated carbocycles. The first-order chi connectivity index (χ1) is 34.1. The molecule has 14 nitrogen and oxygen atoms in total. The largest absolute Gasteiger partial charge is 0.460 e. The molecule has 15 atom stereocenters. The number of fused-ring (bicyclic) bond motifs is 3. The number of carbonyl (C=O) groups is 6. The van der Waals surface area contributed by atoms with Crippen LogP contribution in [0.15, 0.2) is 47.6 Å². The Morgan fingerprint density at radius 1 is 0.875 bits per heavy atom. The summed E-state index contributed by atoms with van der Waals surface area (Å²) in [6.45, 7) is 14.7. The standard InChI is InChI=1S/C57H88BrNO13/c1-35-19-13-11-14-20-36(2)48(68-9)33-44-25-23-41(7)57(67,72-44)54(64)55(65)59-28-18-16-21-45(59)56(66)71-49(34-46(60)37(3)30-40(6)53(63)42(8)52(62)39(5)29-35)38(4)31-43-24-26-47(50(32-43)69-10)70-51(61)22-15-12-17-27-58/h11,13-14,19-20,30,35,37-39,41-45,47-50,53,63,67H,12,15-18,21-29,31-34H2,1-10H3/b14-11?,19-13+,36-20?,40-30+/t35-,37-,38-,39-,41-,42+,43+,44+,45+,47-,48+,49+,50-,53-,57-/m1/s1. The van der Waals surface area contributed by atoms with Crippen molar-refractivity contribution < 1.29 is 62.7 Å². The summed E-state index contributed by atoms with van der Waals surface area (Å²) in [4.78, 5) is 85.1. The second-order valence-electron chi connectivity index (χ2n) is 21.7. The molecule has 3 aliphatic heterocycles. The van der Waals surface area contributed by atoms with E-state index >= 15 is 0 Å². The summed E-state index contributed by atoms with van der Waals surface area (Å²) < 4.78 is 30.1. The first-order valence-corrected chi connectivity index (χ1v) is 28.0. The molecule has 0 radical (unpaired) electrons. The molecule has 72 heavy (non-hydrogen) atoms. The van der Waals surface area contributed by atoms with E-state index in [0.717, 1.165) is 36.6 Å². The van der Waals surface area contributed by atoms with Crippen molar-refractivity contribution in [2.45, 2.75) is 207 Å². The molecule has 2 bridgehead atoms. The second kappa shape index (κ2) is 29.7. The Kier molecular flexibility index (Phi) is 25.2. The van der Waals surface area contributed by atoms with Crippen molar-refractivity contribution in [3.8, 4) is 0 Å². The summed E-state index contributed by atoms with van der Waals surface area (Å²) in [6, 6.07) is -1.15. The highest BCUT2D eigenvalue weighted by Gasteiger charge is 2.53. The van der Waals surface area contributed by atoms with Crippen LogP contribution >= 0.6 is 15.9 Å². The number of carbonyl (C=O) groups excluding carboxylic acids is 6. The molecule has 3 fully saturated rings. The minimum atomic E-state index is -2.44. The highest BCUT2D eigenvalue weighted by atomic mass is 79.9. The summed E-state index contributed by atoms with van der Waals surface area (Å²) in [5.74, 6) is -8.59. The molecular weight excluding hydrogens is 987 g/mol. The average Bonchev–Trinajstić information content (AvgIpc) is 3.36. The van der Waals surface area contributed by atoms with Crippen LogP contribution in [-0.2, 0) is 52.5 Å². The van der Waals surface area contributed by atoms with Crippen LogP contribution in [0.1, 0.15) is 158 Å². The number of ketones is 3. The number of rotatable bonds is 11. The van der Waals surface area contributed by atoms with Crippen LogP contribution in [0.5, 0.6) is 0 Å². The number of esters is 2. The first-order valence-electron chi connectivity index (χ1n) is 26.9. The number of amides is 1. The van der Waals surface area contributed by atoms with Crippen molar-refractivity contribution in [3.63, 3.8) is 0 Å². The molecule has 1 aliphatic carbocycles. The summed E-state index contributed by atoms with van der Waals surface area (Å²) in [6.07, 6.45) is 16.0. The molecule has 0 aromatic carbocycles. The van der Waals surface area contributed by atoms with E-state index in [1.165, 1.54) is 4.90 Å². The fourth-order valence-electron chi connectivity index (χ4n) is 11.1. The Hall–Kier alpha value is -3.34. The smallest absolute Gasteiger partial charge is 0.329 e. The molecule has 2 N–H and O–H groups in total. The van der Waals surface area contributed by atoms with E-state index in [1.54, 1.807) is 48.0 Å². The van der Waals surface area contributed by atoms with Gasteiger partial charge in [-0.1, -0.05) is 100 Å². The number of piperidine rings is 1. The predicted octanol–water partition coefficient (Wildman–Crippen LogP) is 9.31. The number of hydrogen-bond acceptors (Lipinski definition) is 13. The van der Waals surface area contributed by atoms with Gasteiger partial charge in [-0.2, -0.15) is 0 Å². The predicted molar refractivity (Wildman–Crippen MR) is 280 cm³/mol. The van der Waals surface area contributed by atoms with Crippen molar-refractivity contribution in [2.75, 3.05) is 26.1 Å². The third-order valence-corrected chi connectivity index (χ3v) is 16.4. The molecular formula is C57H88BrNO13. The topological polar surface area (TPSA) is 192 Å². The van der Waals surface area contributed by atoms with Gasteiger partial charge in [0.05, 0.1) is 24.4 Å². The monoisotopic (exact) mass is 1070 g/mol. The zero-order valence-corrected chi connectivity index (χ0v) is 46.6. The number of allylic oxidation sites excluding steroid dienone is 6. The molecule has 4 aliphatic rings. The molecule has 0 aromatic heterocycles. The van der Waals surface area contributed by atoms with Crippen LogP contribution in [0.3, 0.4) is 0 Å². The third kappa shape index (κ3) is 17.4. The fourth-order valence-corrected chi connectivity index (χ4v) is 11.5. The van der Waals surface area contributed by atoms with Gasteiger partial charge in [0, 0.05) is 69.0 Å². The van der Waals surface area contributed by atoms with Gasteiger partial charge < -0.3 is 38.8 Å². The summed E-state index contributed by atoms with van der Waals surface area (Å²) >= 11 is 3.43. The van der Waals surface area contributed by atoms with Gasteiger partial charge in [-0.3, -0.25) is 24.0 Å². The zero-order chi connectivity index (χ0) is 53.3. The minimum Gasteiger partial charge on any atom is -0.460 e. The number of halogens is 1. The third-order valence-electron chi connectivity index (χ3n) is 15.9. The number of hydrogen-bond donors (Lipinski definition) is 2. The van der Waals surface area contributed by atoms with Crippen LogP contribution in [0.25, 0.3) is 0 Å². The van der Waals surface area contributed by atoms with Crippen LogP contribution in [-0.4, -0.2) is 125 Å². The lowest BCUT2D eigenvalue weighted by Gasteiger charge is -2.42. The lowest BCUT2D eigenvalue weighted by molar-refractivity contribution is -0.265. The van der Waals surface area contributed by atoms with E-state index in [-0.39, 0.29) is 72.8 Å². The molecule has 15 heteroatoms. The quantitative estimate of drug-likeness (QED) is 0.0655. The maximum Gasteiger partial charge on any atom is 0.329 e. The average molecular weight is 1080 g/mol. The highest BCUT2D eigenvalue weighted by Crippen LogP contribution is 2.38. The number of ether oxygens (including phenoxy) is 5. The highest BCUT2D eigenvalue weighted by molar-refractivity contribution is 9.09. The Morgan fingerprint density at radius 2 is 1.61 bits per heavy atom. The van der Waals surface area contributed by atoms with Gasteiger partial charge in [0.15, 0.2) is 0 Å². The van der Waals surface area contributed by atoms with Crippen molar-refractivity contribution in [2.24, 2.45) is 41.4 Å². The maximum atomic E-state index is 14.5. The van der Waals surface area contributed by atoms with E-state index in [1.807, 2.05) is 58.1 Å². The van der Waals surface area contributed by atoms with Gasteiger partial charge in [0.25, 0.3) is 11.7 Å². The normalized spacial score (nSPS) is 36.4. The number of unbranched alkanes of at least 4 members (excludes halogenated alkanes) is 2. The van der Waals surface area contributed by atoms with Gasteiger partial charge in [-0.25, -0.2) is 4.79 Å². The number of aliphatic hydroxyl groups excluding tert-OH is 1. The van der Waals surface area contributed by atoms with Crippen LogP contribution in [0.4, 0.5) is 0 Å². The van der Waals surface area contributed by atoms with E-state index in [0.29, 0.717) is 69.8 Å². The van der Waals surface area contributed by atoms with Gasteiger partial charge in [-0.15, -0.1) is 0 Å². The van der Waals surface area contributed by atoms with Gasteiger partial charge in [0.1, 0.15) is 29.8 Å². The van der Waals surface area contributed by atoms with Crippen molar-refractivity contribution in [3.05, 3.63) is 47.6 Å². The lowest BCUT2D eigenvalue weighted by Crippen LogP contribution is -2.61. The maximum absolute atomic E-state index is 14.5. The zero-order valence-electron chi connectivity index (χ0n) is 45.0. The van der Waals surface area contributed by atoms with E-state index in [9.17, 15) is 39.0 Å². The second-order valence-corrected chi connectivity index (χ2v) is 22.5. The van der Waals surface area contributed by atoms with Crippen LogP contribution in [0, 0.1) is 41.4 Å². The molecule has 3 heterocycles. The van der Waals surface area contributed by atoms with Gasteiger partial charge >= 0.3 is 11.9 Å². The number of Topliss-reactive ketones (excluding diaryl/α,β-unsaturated/α-hetero) is 3. The molecule has 406 valence electrons. The molecule has 0 spiro atoms. The van der Waals surface area contributed by atoms with Gasteiger partial charge in [0.2, 0.25) is 5.79 Å². The summed E-state index contributed by atoms with van der Waals surface area (Å²) in [5, 5.41) is 24.4. The van der Waals surface area contributed by atoms with E-state index < -0.39 is 71.7 Å². The summed E-state index contributed by atoms with van der Waals surface area (Å²) in [7, 11) is 3.19. The molecule has 0 aromatic rings. The van der Waals surface area contributed by atoms with Crippen molar-refractivity contribution in [1.29, 1.82) is 0 Å². The SMILES string of the molecule is CO[C@H]1C[C@@H]2CC[C@@H](C)[C@@](O)(O2)C(=O)C(=O)N2CCCC[C@H]2C(=O)O[C@H]([C@H](C)C[C@@H]2CC[C@@H](OC(=O)CCCCCBr)[C@H](OC)C2)CC(=O)[C@H](C)/C=C(\C)[C@@H](O)[C@@H](C)C(=O)[C@H](C)C[C@H](C)/C=C/C=CC=C1C. The Labute approximate surface area is 438 Å². The van der Waals surface area contributed by atoms with Crippen LogP contribution < -0.4 is 0 Å². The number of methoxy groups -OCH3 is 2. The number of aliphatic hydroxyl groups is 2. The minimum absolute atomic E-state index is 0.0641. The Balaban J connectivity index is 1.65. The van der Waals surface area contributed by atoms with E-state index in [4.69, 9.17) is 23.7 Å².